The summed E-state index contributed by atoms with van der Waals surface area (Å²) in [4.78, 5) is 96.8. The summed E-state index contributed by atoms with van der Waals surface area (Å²) >= 11 is 31.6. The third-order valence-corrected chi connectivity index (χ3v) is 24.0. The van der Waals surface area contributed by atoms with E-state index in [-0.39, 0.29) is 75.6 Å². The number of carbonyl (C=O) groups is 7. The number of phenolic OH excluding ortho intramolecular Hbond substituents is 2. The molecule has 7 aromatic carbocycles. The first-order valence-electron chi connectivity index (χ1n) is 44.5. The number of hydrogen-bond donors (Lipinski definition) is 12. The molecule has 136 heavy (non-hydrogen) atoms. The summed E-state index contributed by atoms with van der Waals surface area (Å²) < 4.78 is 39.6. The number of ether oxygens (including phenoxy) is 5. The third kappa shape index (κ3) is 31.1. The number of hydrogen-bond acceptors (Lipinski definition) is 20. The highest BCUT2D eigenvalue weighted by molar-refractivity contribution is 7.81. The number of fused-ring (bicyclic) bond motifs is 6. The van der Waals surface area contributed by atoms with Crippen LogP contribution in [0.15, 0.2) is 97.1 Å². The average molecular weight is 1980 g/mol. The summed E-state index contributed by atoms with van der Waals surface area (Å²) in [5.41, 5.74) is 16.0. The van der Waals surface area contributed by atoms with Gasteiger partial charge >= 0.3 is 6.09 Å². The van der Waals surface area contributed by atoms with Crippen LogP contribution in [0.25, 0.3) is 0 Å². The zero-order chi connectivity index (χ0) is 100. The number of nitrogens with zero attached hydrogens (tertiary/aromatic N) is 8. The Balaban J connectivity index is 0.000000201. The molecule has 0 aliphatic carbocycles. The van der Waals surface area contributed by atoms with Crippen molar-refractivity contribution in [3.8, 4) is 34.5 Å². The fourth-order valence-corrected chi connectivity index (χ4v) is 16.6. The van der Waals surface area contributed by atoms with E-state index in [1.165, 1.54) is 19.2 Å². The third-order valence-electron chi connectivity index (χ3n) is 22.3. The molecule has 0 saturated heterocycles. The number of methoxy groups -OCH3 is 4. The van der Waals surface area contributed by atoms with Gasteiger partial charge in [0.05, 0.1) is 103 Å². The van der Waals surface area contributed by atoms with E-state index in [1.807, 2.05) is 123 Å². The lowest BCUT2D eigenvalue weighted by molar-refractivity contribution is -0.119. The van der Waals surface area contributed by atoms with E-state index in [2.05, 4.69) is 73.9 Å². The van der Waals surface area contributed by atoms with Crippen LogP contribution in [0.2, 0.25) is 0 Å². The van der Waals surface area contributed by atoms with Gasteiger partial charge in [-0.15, -0.1) is 0 Å². The van der Waals surface area contributed by atoms with Crippen molar-refractivity contribution in [2.45, 2.75) is 175 Å². The SMILES string of the molecule is CCOC(=O)NC(=S)Nc1cc2c(cc1OC)N(C)C(=O)CCC2.CN(C)C(=S)Nc1cc2c(cc1O)N(C)C(=O)CCC2.CN1C(=O)CCCc2cc(NC(=S)NC(C)(C)C)c(O)cc21.COc1cc2c(cc1NC(=S)N(C)C)CCCC(=O)N2C.COc1cc2c(cc1NC(=S)NC(C)(C)C)CCCC(=O)N2C.COc1cc2c(cc1NC(=S)Nc1ccc(F)cc1)CCCC(=O)N2C. The summed E-state index contributed by atoms with van der Waals surface area (Å²) in [6, 6.07) is 28.3. The van der Waals surface area contributed by atoms with E-state index in [4.69, 9.17) is 97.0 Å². The number of carbonyl (C=O) groups excluding carboxylic acids is 7. The summed E-state index contributed by atoms with van der Waals surface area (Å²) in [5.74, 6) is 2.94. The number of benzene rings is 7. The van der Waals surface area contributed by atoms with Gasteiger partial charge in [-0.25, -0.2) is 9.18 Å². The molecule has 6 heterocycles. The van der Waals surface area contributed by atoms with Crippen molar-refractivity contribution in [2.75, 3.05) is 172 Å². The molecule has 7 amide bonds. The lowest BCUT2D eigenvalue weighted by Crippen LogP contribution is -2.43. The summed E-state index contributed by atoms with van der Waals surface area (Å²) in [5, 5.41) is 53.3. The van der Waals surface area contributed by atoms with Gasteiger partial charge in [0.25, 0.3) is 0 Å². The first kappa shape index (κ1) is 109. The van der Waals surface area contributed by atoms with Crippen molar-refractivity contribution in [3.63, 3.8) is 0 Å². The number of amides is 7. The highest BCUT2D eigenvalue weighted by atomic mass is 32.1. The Bertz CT molecular complexity index is 5600. The lowest BCUT2D eigenvalue weighted by Gasteiger charge is -2.25. The molecule has 13 rings (SSSR count). The Morgan fingerprint density at radius 1 is 0.360 bits per heavy atom. The molecule has 12 N–H and O–H groups in total. The first-order valence-corrected chi connectivity index (χ1v) is 47.0. The molecule has 0 atom stereocenters. The quantitative estimate of drug-likeness (QED) is 0.0399. The maximum absolute atomic E-state index is 13.0. The molecule has 0 aromatic heterocycles. The molecule has 0 saturated carbocycles. The highest BCUT2D eigenvalue weighted by Gasteiger charge is 2.30. The maximum atomic E-state index is 13.0. The zero-order valence-corrected chi connectivity index (χ0v) is 86.3. The minimum Gasteiger partial charge on any atom is -0.506 e. The predicted octanol–water partition coefficient (Wildman–Crippen LogP) is 16.4. The fraction of sp³-hybridized carbons (Fsp3) is 0.433. The van der Waals surface area contributed by atoms with Gasteiger partial charge in [-0.05, 0) is 293 Å². The summed E-state index contributed by atoms with van der Waals surface area (Å²) in [6.45, 7) is 14.2. The number of rotatable bonds is 12. The molecule has 7 aromatic rings. The van der Waals surface area contributed by atoms with Gasteiger partial charge in [0.1, 0.15) is 40.3 Å². The largest absolute Gasteiger partial charge is 0.506 e. The number of phenols is 2. The second kappa shape index (κ2) is 50.0. The molecule has 32 nitrogen and oxygen atoms in total. The number of aromatic hydroxyl groups is 2. The topological polar surface area (TPSA) is 352 Å². The lowest BCUT2D eigenvalue weighted by atomic mass is 10.1. The minimum absolute atomic E-state index is 0.0729. The Hall–Kier alpha value is -12.3. The predicted molar refractivity (Wildman–Crippen MR) is 567 cm³/mol. The van der Waals surface area contributed by atoms with Gasteiger partial charge in [-0.1, -0.05) is 0 Å². The maximum Gasteiger partial charge on any atom is 0.413 e. The number of nitrogens with one attached hydrogen (secondary N) is 10. The van der Waals surface area contributed by atoms with Crippen LogP contribution in [-0.2, 0) is 72.0 Å². The van der Waals surface area contributed by atoms with Gasteiger partial charge in [-0.2, -0.15) is 0 Å². The van der Waals surface area contributed by atoms with Crippen LogP contribution in [0.5, 0.6) is 34.5 Å². The highest BCUT2D eigenvalue weighted by Crippen LogP contribution is 2.43. The van der Waals surface area contributed by atoms with Gasteiger partial charge in [-0.3, -0.25) is 34.1 Å². The van der Waals surface area contributed by atoms with E-state index in [0.29, 0.717) is 116 Å². The van der Waals surface area contributed by atoms with Crippen molar-refractivity contribution < 1.29 is 71.8 Å². The van der Waals surface area contributed by atoms with Crippen LogP contribution in [0.1, 0.15) is 159 Å². The zero-order valence-electron chi connectivity index (χ0n) is 81.4. The summed E-state index contributed by atoms with van der Waals surface area (Å²) in [7, 11) is 24.4. The van der Waals surface area contributed by atoms with Crippen molar-refractivity contribution in [1.29, 1.82) is 0 Å². The fourth-order valence-electron chi connectivity index (χ4n) is 15.1. The van der Waals surface area contributed by atoms with E-state index < -0.39 is 6.09 Å². The van der Waals surface area contributed by atoms with Gasteiger partial charge < -0.3 is 121 Å². The van der Waals surface area contributed by atoms with E-state index in [0.717, 1.165) is 156 Å². The number of aryl methyl sites for hydroxylation is 6. The molecule has 0 spiro atoms. The van der Waals surface area contributed by atoms with Gasteiger partial charge in [0.2, 0.25) is 35.4 Å². The Morgan fingerprint density at radius 2 is 0.603 bits per heavy atom. The van der Waals surface area contributed by atoms with Crippen LogP contribution >= 0.6 is 73.3 Å². The normalized spacial score (nSPS) is 14.3. The molecular weight excluding hydrogens is 1850 g/mol. The van der Waals surface area contributed by atoms with E-state index >= 15 is 0 Å². The molecule has 0 unspecified atom stereocenters. The Morgan fingerprint density at radius 3 is 0.875 bits per heavy atom. The van der Waals surface area contributed by atoms with Crippen LogP contribution < -0.4 is 102 Å². The number of halogens is 1. The molecule has 6 aliphatic rings. The van der Waals surface area contributed by atoms with E-state index in [9.17, 15) is 48.2 Å². The first-order chi connectivity index (χ1) is 64.1. The monoisotopic (exact) mass is 1980 g/mol. The standard InChI is InChI=1S/C19H20FN3O2S.C17H25N3O2S.C16H21N3O4S.C16H23N3O2S.C15H21N3O2S.C14H19N3O2S/c1-23-16-11-17(25-2)15(10-12(16)4-3-5-18(23)24)22-19(26)21-14-8-6-13(20)7-9-14;1-17(2,3)19-16(23)18-12-9-11-7-6-8-15(21)20(4)13(11)10-14(12)22-5;1-4-23-16(21)18-15(24)17-11-8-10-6-5-7-14(20)19(2)12(10)9-13(11)22-3;1-16(2,3)18-15(22)17-11-8-10-6-5-7-14(21)19(4)12(10)9-13(11)20;1-17(2)15(21)16-11-8-10-6-5-7-14(19)18(3)12(10)9-13(11)20-4;1-16(2)14(20)15-10-7-9-5-4-6-13(19)17(3)11(9)8-12(10)18/h6-11H,3-5H2,1-2H3,(H2,21,22,26);9-10H,6-8H2,1-5H3,(H2,18,19,23);8-9H,4-7H2,1-3H3,(H2,17,18,21,24);8-9,20H,5-7H2,1-4H3,(H2,17,18,22);8-9H,5-7H2,1-4H3,(H,16,21);7-8,18H,4-6H2,1-3H3,(H,15,20). The van der Waals surface area contributed by atoms with E-state index in [1.54, 1.807) is 121 Å². The Kier molecular flexibility index (Phi) is 40.1. The minimum atomic E-state index is -0.617. The molecule has 734 valence electrons. The van der Waals surface area contributed by atoms with Crippen LogP contribution in [0, 0.1) is 5.82 Å². The smallest absolute Gasteiger partial charge is 0.413 e. The van der Waals surface area contributed by atoms with Crippen molar-refractivity contribution in [3.05, 3.63) is 136 Å². The molecular formula is C97H129FN18O14S6. The number of alkyl carbamates (subject to hydrolysis) is 1. The van der Waals surface area contributed by atoms with Crippen molar-refractivity contribution >= 4 is 219 Å². The Labute approximate surface area is 829 Å². The average Bonchev–Trinajstić information content (AvgIpc) is 1.49. The van der Waals surface area contributed by atoms with Gasteiger partial charge in [0.15, 0.2) is 30.7 Å². The van der Waals surface area contributed by atoms with Crippen LogP contribution in [0.3, 0.4) is 0 Å². The van der Waals surface area contributed by atoms with Crippen LogP contribution in [-0.4, -0.2) is 209 Å². The summed E-state index contributed by atoms with van der Waals surface area (Å²) in [6.07, 6.45) is 12.5. The molecule has 6 aliphatic heterocycles. The molecule has 0 radical (unpaired) electrons. The molecule has 0 bridgehead atoms. The van der Waals surface area contributed by atoms with Gasteiger partial charge in [0, 0.05) is 162 Å². The second-order valence-electron chi connectivity index (χ2n) is 35.3. The van der Waals surface area contributed by atoms with Crippen LogP contribution in [0.4, 0.5) is 83.1 Å². The number of anilines is 13. The second-order valence-corrected chi connectivity index (χ2v) is 37.7. The molecule has 0 fully saturated rings. The number of thiocarbonyl (C=S) groups is 6. The van der Waals surface area contributed by atoms with Crippen molar-refractivity contribution in [1.82, 2.24) is 25.8 Å². The molecule has 39 heteroatoms. The van der Waals surface area contributed by atoms with Crippen molar-refractivity contribution in [2.24, 2.45) is 0 Å².